The zero-order chi connectivity index (χ0) is 11.3. The van der Waals surface area contributed by atoms with E-state index in [1.807, 2.05) is 13.8 Å². The van der Waals surface area contributed by atoms with Crippen LogP contribution in [0.3, 0.4) is 0 Å². The van der Waals surface area contributed by atoms with Gasteiger partial charge in [-0.2, -0.15) is 0 Å². The first-order chi connectivity index (χ1) is 7.17. The Morgan fingerprint density at radius 2 is 2.20 bits per heavy atom. The van der Waals surface area contributed by atoms with Crippen molar-refractivity contribution in [3.8, 4) is 0 Å². The van der Waals surface area contributed by atoms with Crippen molar-refractivity contribution in [3.05, 3.63) is 0 Å². The minimum Gasteiger partial charge on any atom is -0.354 e. The van der Waals surface area contributed by atoms with Gasteiger partial charge < -0.3 is 15.5 Å². The standard InChI is InChI=1S/C10H19N3O2/c1-3-13(4-2)10(15)12-8-5-6-9(14)11-7-8/h8H,3-7H2,1-2H3,(H,11,14)(H,12,15). The van der Waals surface area contributed by atoms with E-state index in [0.717, 1.165) is 6.42 Å². The van der Waals surface area contributed by atoms with Gasteiger partial charge in [0.25, 0.3) is 0 Å². The minimum absolute atomic E-state index is 0.0406. The van der Waals surface area contributed by atoms with Gasteiger partial charge in [-0.1, -0.05) is 0 Å². The average molecular weight is 213 g/mol. The van der Waals surface area contributed by atoms with Gasteiger partial charge in [0.15, 0.2) is 0 Å². The summed E-state index contributed by atoms with van der Waals surface area (Å²) in [6.45, 7) is 5.87. The largest absolute Gasteiger partial charge is 0.354 e. The van der Waals surface area contributed by atoms with Gasteiger partial charge in [-0.3, -0.25) is 4.79 Å². The summed E-state index contributed by atoms with van der Waals surface area (Å²) in [4.78, 5) is 24.3. The molecule has 2 N–H and O–H groups in total. The molecule has 0 aromatic rings. The topological polar surface area (TPSA) is 61.4 Å². The molecule has 1 aliphatic rings. The third kappa shape index (κ3) is 3.42. The summed E-state index contributed by atoms with van der Waals surface area (Å²) in [5, 5.41) is 5.65. The molecule has 0 aliphatic carbocycles. The summed E-state index contributed by atoms with van der Waals surface area (Å²) < 4.78 is 0. The predicted molar refractivity (Wildman–Crippen MR) is 57.5 cm³/mol. The smallest absolute Gasteiger partial charge is 0.317 e. The molecule has 0 saturated carbocycles. The highest BCUT2D eigenvalue weighted by atomic mass is 16.2. The second kappa shape index (κ2) is 5.58. The second-order valence-electron chi connectivity index (χ2n) is 3.66. The van der Waals surface area contributed by atoms with E-state index in [4.69, 9.17) is 0 Å². The van der Waals surface area contributed by atoms with Crippen LogP contribution in [0.5, 0.6) is 0 Å². The van der Waals surface area contributed by atoms with Crippen LogP contribution in [0.25, 0.3) is 0 Å². The maximum atomic E-state index is 11.7. The first-order valence-corrected chi connectivity index (χ1v) is 5.49. The van der Waals surface area contributed by atoms with Crippen LogP contribution in [0.4, 0.5) is 4.79 Å². The van der Waals surface area contributed by atoms with Crippen molar-refractivity contribution in [2.24, 2.45) is 0 Å². The van der Waals surface area contributed by atoms with E-state index in [9.17, 15) is 9.59 Å². The quantitative estimate of drug-likeness (QED) is 0.709. The van der Waals surface area contributed by atoms with E-state index in [1.165, 1.54) is 0 Å². The molecular formula is C10H19N3O2. The van der Waals surface area contributed by atoms with Crippen LogP contribution < -0.4 is 10.6 Å². The number of nitrogens with one attached hydrogen (secondary N) is 2. The number of piperidine rings is 1. The summed E-state index contributed by atoms with van der Waals surface area (Å²) in [7, 11) is 0. The Bertz CT molecular complexity index is 229. The Hall–Kier alpha value is -1.26. The second-order valence-corrected chi connectivity index (χ2v) is 3.66. The van der Waals surface area contributed by atoms with Gasteiger partial charge in [-0.05, 0) is 20.3 Å². The van der Waals surface area contributed by atoms with Gasteiger partial charge in [-0.15, -0.1) is 0 Å². The number of hydrogen-bond donors (Lipinski definition) is 2. The first kappa shape index (κ1) is 11.8. The Morgan fingerprint density at radius 1 is 1.53 bits per heavy atom. The highest BCUT2D eigenvalue weighted by molar-refractivity contribution is 5.78. The van der Waals surface area contributed by atoms with Crippen molar-refractivity contribution in [2.75, 3.05) is 19.6 Å². The Balaban J connectivity index is 2.34. The lowest BCUT2D eigenvalue weighted by Gasteiger charge is -2.27. The van der Waals surface area contributed by atoms with Crippen molar-refractivity contribution in [3.63, 3.8) is 0 Å². The molecule has 0 aromatic heterocycles. The summed E-state index contributed by atoms with van der Waals surface area (Å²) >= 11 is 0. The molecule has 1 saturated heterocycles. The molecule has 15 heavy (non-hydrogen) atoms. The van der Waals surface area contributed by atoms with Crippen LogP contribution in [0, 0.1) is 0 Å². The fraction of sp³-hybridized carbons (Fsp3) is 0.800. The van der Waals surface area contributed by atoms with Gasteiger partial charge in [0.1, 0.15) is 0 Å². The average Bonchev–Trinajstić information content (AvgIpc) is 2.23. The molecule has 86 valence electrons. The van der Waals surface area contributed by atoms with Gasteiger partial charge in [0, 0.05) is 32.1 Å². The van der Waals surface area contributed by atoms with Crippen molar-refractivity contribution in [2.45, 2.75) is 32.7 Å². The van der Waals surface area contributed by atoms with Crippen molar-refractivity contribution in [1.29, 1.82) is 0 Å². The van der Waals surface area contributed by atoms with Gasteiger partial charge in [-0.25, -0.2) is 4.79 Å². The number of urea groups is 1. The van der Waals surface area contributed by atoms with Gasteiger partial charge >= 0.3 is 6.03 Å². The van der Waals surface area contributed by atoms with E-state index in [0.29, 0.717) is 26.1 Å². The molecule has 0 aromatic carbocycles. The molecule has 1 fully saturated rings. The Labute approximate surface area is 90.2 Å². The number of hydrogen-bond acceptors (Lipinski definition) is 2. The lowest BCUT2D eigenvalue weighted by Crippen LogP contribution is -2.51. The maximum Gasteiger partial charge on any atom is 0.317 e. The van der Waals surface area contributed by atoms with E-state index >= 15 is 0 Å². The van der Waals surface area contributed by atoms with Crippen molar-refractivity contribution < 1.29 is 9.59 Å². The van der Waals surface area contributed by atoms with Crippen LogP contribution in [0.15, 0.2) is 0 Å². The molecule has 5 heteroatoms. The van der Waals surface area contributed by atoms with Crippen LogP contribution in [-0.4, -0.2) is 42.5 Å². The normalized spacial score (nSPS) is 20.7. The highest BCUT2D eigenvalue weighted by Gasteiger charge is 2.20. The number of carbonyl (C=O) groups is 2. The van der Waals surface area contributed by atoms with Gasteiger partial charge in [0.2, 0.25) is 5.91 Å². The number of nitrogens with zero attached hydrogens (tertiary/aromatic N) is 1. The van der Waals surface area contributed by atoms with E-state index in [2.05, 4.69) is 10.6 Å². The zero-order valence-corrected chi connectivity index (χ0v) is 9.38. The zero-order valence-electron chi connectivity index (χ0n) is 9.38. The molecule has 5 nitrogen and oxygen atoms in total. The summed E-state index contributed by atoms with van der Waals surface area (Å²) in [5.41, 5.74) is 0. The Morgan fingerprint density at radius 3 is 2.67 bits per heavy atom. The molecule has 0 radical (unpaired) electrons. The summed E-state index contributed by atoms with van der Waals surface area (Å²) in [6.07, 6.45) is 1.24. The number of rotatable bonds is 3. The fourth-order valence-corrected chi connectivity index (χ4v) is 1.63. The molecule has 0 spiro atoms. The maximum absolute atomic E-state index is 11.7. The molecule has 1 aliphatic heterocycles. The molecule has 1 rings (SSSR count). The number of amides is 3. The van der Waals surface area contributed by atoms with Crippen LogP contribution in [0.1, 0.15) is 26.7 Å². The van der Waals surface area contributed by atoms with E-state index < -0.39 is 0 Å². The monoisotopic (exact) mass is 213 g/mol. The van der Waals surface area contributed by atoms with Crippen molar-refractivity contribution in [1.82, 2.24) is 15.5 Å². The predicted octanol–water partition coefficient (Wildman–Crippen LogP) is 0.316. The van der Waals surface area contributed by atoms with Crippen LogP contribution >= 0.6 is 0 Å². The molecular weight excluding hydrogens is 194 g/mol. The van der Waals surface area contributed by atoms with Crippen LogP contribution in [0.2, 0.25) is 0 Å². The summed E-state index contributed by atoms with van der Waals surface area (Å²) in [6, 6.07) is 0.0388. The van der Waals surface area contributed by atoms with E-state index in [-0.39, 0.29) is 18.0 Å². The van der Waals surface area contributed by atoms with E-state index in [1.54, 1.807) is 4.90 Å². The minimum atomic E-state index is -0.0406. The first-order valence-electron chi connectivity index (χ1n) is 5.49. The third-order valence-electron chi connectivity index (χ3n) is 2.64. The summed E-state index contributed by atoms with van der Waals surface area (Å²) in [5.74, 6) is 0.0725. The lowest BCUT2D eigenvalue weighted by molar-refractivity contribution is -0.122. The third-order valence-corrected chi connectivity index (χ3v) is 2.64. The number of carbonyl (C=O) groups excluding carboxylic acids is 2. The Kier molecular flexibility index (Phi) is 4.39. The highest BCUT2D eigenvalue weighted by Crippen LogP contribution is 2.03. The lowest BCUT2D eigenvalue weighted by atomic mass is 10.1. The molecule has 1 atom stereocenters. The molecule has 1 unspecified atom stereocenters. The fourth-order valence-electron chi connectivity index (χ4n) is 1.63. The van der Waals surface area contributed by atoms with Crippen molar-refractivity contribution >= 4 is 11.9 Å². The molecule has 0 bridgehead atoms. The molecule has 1 heterocycles. The molecule has 3 amide bonds. The van der Waals surface area contributed by atoms with Gasteiger partial charge in [0.05, 0.1) is 0 Å². The van der Waals surface area contributed by atoms with Crippen LogP contribution in [-0.2, 0) is 4.79 Å². The SMILES string of the molecule is CCN(CC)C(=O)NC1CCC(=O)NC1.